The van der Waals surface area contributed by atoms with E-state index in [1.165, 1.54) is 0 Å². The topological polar surface area (TPSA) is 79.2 Å². The molecule has 3 rings (SSSR count). The van der Waals surface area contributed by atoms with E-state index in [1.54, 1.807) is 24.7 Å². The van der Waals surface area contributed by atoms with Gasteiger partial charge in [0.15, 0.2) is 0 Å². The first-order chi connectivity index (χ1) is 11.7. The fourth-order valence-corrected chi connectivity index (χ4v) is 2.74. The highest BCUT2D eigenvalue weighted by atomic mass is 16.2. The van der Waals surface area contributed by atoms with Crippen molar-refractivity contribution >= 4 is 11.9 Å². The van der Waals surface area contributed by atoms with Gasteiger partial charge in [0.2, 0.25) is 11.9 Å². The summed E-state index contributed by atoms with van der Waals surface area (Å²) in [5.74, 6) is 0.867. The van der Waals surface area contributed by atoms with Crippen LogP contribution in [0.5, 0.6) is 0 Å². The van der Waals surface area contributed by atoms with Gasteiger partial charge in [0.25, 0.3) is 0 Å². The molecule has 0 saturated carbocycles. The third-order valence-corrected chi connectivity index (χ3v) is 4.09. The van der Waals surface area contributed by atoms with Crippen molar-refractivity contribution in [1.82, 2.24) is 30.0 Å². The lowest BCUT2D eigenvalue weighted by molar-refractivity contribution is -0.130. The number of carbonyl (C=O) groups is 1. The molecule has 1 saturated heterocycles. The predicted octanol–water partition coefficient (Wildman–Crippen LogP) is 0.00000000000000200. The van der Waals surface area contributed by atoms with Crippen molar-refractivity contribution in [1.29, 1.82) is 0 Å². The average Bonchev–Trinajstić information content (AvgIpc) is 3.13. The van der Waals surface area contributed by atoms with Crippen LogP contribution in [-0.2, 0) is 11.3 Å². The molecule has 0 bridgehead atoms. The van der Waals surface area contributed by atoms with Crippen LogP contribution in [-0.4, -0.2) is 69.3 Å². The van der Waals surface area contributed by atoms with Crippen molar-refractivity contribution in [2.75, 3.05) is 37.6 Å². The Morgan fingerprint density at radius 2 is 1.92 bits per heavy atom. The largest absolute Gasteiger partial charge is 0.338 e. The molecule has 1 amide bonds. The van der Waals surface area contributed by atoms with E-state index in [1.807, 2.05) is 21.8 Å². The summed E-state index contributed by atoms with van der Waals surface area (Å²) in [4.78, 5) is 24.9. The highest BCUT2D eigenvalue weighted by molar-refractivity contribution is 5.78. The molecule has 8 heteroatoms. The number of amides is 1. The molecule has 128 valence electrons. The predicted molar refractivity (Wildman–Crippen MR) is 90.5 cm³/mol. The zero-order valence-corrected chi connectivity index (χ0v) is 13.9. The molecule has 2 aromatic rings. The maximum atomic E-state index is 12.3. The van der Waals surface area contributed by atoms with Gasteiger partial charge in [0, 0.05) is 57.0 Å². The lowest BCUT2D eigenvalue weighted by Gasteiger charge is -2.34. The van der Waals surface area contributed by atoms with E-state index in [-0.39, 0.29) is 11.9 Å². The van der Waals surface area contributed by atoms with Gasteiger partial charge >= 0.3 is 0 Å². The van der Waals surface area contributed by atoms with Crippen molar-refractivity contribution in [3.63, 3.8) is 0 Å². The first-order valence-electron chi connectivity index (χ1n) is 8.23. The molecule has 0 aromatic carbocycles. The molecule has 1 aliphatic heterocycles. The highest BCUT2D eigenvalue weighted by Crippen LogP contribution is 2.09. The number of nitrogens with one attached hydrogen (secondary N) is 1. The quantitative estimate of drug-likeness (QED) is 0.804. The Kier molecular flexibility index (Phi) is 5.37. The van der Waals surface area contributed by atoms with Crippen LogP contribution in [0.15, 0.2) is 36.9 Å². The molecule has 1 N–H and O–H groups in total. The molecule has 0 spiro atoms. The second kappa shape index (κ2) is 7.87. The van der Waals surface area contributed by atoms with Gasteiger partial charge in [-0.15, -0.1) is 0 Å². The Balaban J connectivity index is 1.40. The zero-order chi connectivity index (χ0) is 16.8. The second-order valence-electron chi connectivity index (χ2n) is 5.93. The third kappa shape index (κ3) is 4.29. The van der Waals surface area contributed by atoms with Gasteiger partial charge in [-0.05, 0) is 19.1 Å². The van der Waals surface area contributed by atoms with Crippen molar-refractivity contribution in [2.45, 2.75) is 19.5 Å². The summed E-state index contributed by atoms with van der Waals surface area (Å²) in [5, 5.41) is 7.44. The van der Waals surface area contributed by atoms with Crippen LogP contribution in [0.2, 0.25) is 0 Å². The van der Waals surface area contributed by atoms with Crippen molar-refractivity contribution in [2.24, 2.45) is 0 Å². The molecular weight excluding hydrogens is 306 g/mol. The van der Waals surface area contributed by atoms with Gasteiger partial charge in [-0.1, -0.05) is 0 Å². The molecule has 1 aliphatic rings. The molecule has 0 radical (unpaired) electrons. The van der Waals surface area contributed by atoms with Gasteiger partial charge in [-0.2, -0.15) is 5.10 Å². The Morgan fingerprint density at radius 3 is 2.58 bits per heavy atom. The first kappa shape index (κ1) is 16.4. The average molecular weight is 329 g/mol. The number of hydrogen-bond donors (Lipinski definition) is 1. The van der Waals surface area contributed by atoms with E-state index in [4.69, 9.17) is 0 Å². The van der Waals surface area contributed by atoms with Crippen LogP contribution in [0.25, 0.3) is 0 Å². The molecule has 2 aromatic heterocycles. The lowest BCUT2D eigenvalue weighted by atomic mass is 10.3. The number of nitrogens with zero attached hydrogens (tertiary/aromatic N) is 6. The van der Waals surface area contributed by atoms with Gasteiger partial charge in [0.05, 0.1) is 13.1 Å². The SMILES string of the molecule is C[C@H](Cn1cccn1)NCC(=O)N1CCN(c2ncccn2)CC1. The smallest absolute Gasteiger partial charge is 0.236 e. The Hall–Kier alpha value is -2.48. The fourth-order valence-electron chi connectivity index (χ4n) is 2.74. The Bertz CT molecular complexity index is 623. The number of carbonyl (C=O) groups excluding carboxylic acids is 1. The molecule has 1 atom stereocenters. The summed E-state index contributed by atoms with van der Waals surface area (Å²) >= 11 is 0. The fraction of sp³-hybridized carbons (Fsp3) is 0.500. The normalized spacial score (nSPS) is 16.2. The Labute approximate surface area is 141 Å². The maximum Gasteiger partial charge on any atom is 0.236 e. The number of hydrogen-bond acceptors (Lipinski definition) is 6. The summed E-state index contributed by atoms with van der Waals surface area (Å²) in [6.07, 6.45) is 7.16. The minimum absolute atomic E-state index is 0.135. The number of anilines is 1. The monoisotopic (exact) mass is 329 g/mol. The summed E-state index contributed by atoms with van der Waals surface area (Å²) in [7, 11) is 0. The third-order valence-electron chi connectivity index (χ3n) is 4.09. The van der Waals surface area contributed by atoms with E-state index in [0.29, 0.717) is 19.6 Å². The van der Waals surface area contributed by atoms with Crippen molar-refractivity contribution in [3.05, 3.63) is 36.9 Å². The molecule has 0 unspecified atom stereocenters. The summed E-state index contributed by atoms with van der Waals surface area (Å²) in [6.45, 7) is 6.08. The minimum Gasteiger partial charge on any atom is -0.338 e. The summed E-state index contributed by atoms with van der Waals surface area (Å²) < 4.78 is 1.86. The van der Waals surface area contributed by atoms with E-state index in [2.05, 4.69) is 32.2 Å². The van der Waals surface area contributed by atoms with Gasteiger partial charge in [-0.3, -0.25) is 9.48 Å². The summed E-state index contributed by atoms with van der Waals surface area (Å²) in [6, 6.07) is 3.89. The summed E-state index contributed by atoms with van der Waals surface area (Å²) in [5.41, 5.74) is 0. The second-order valence-corrected chi connectivity index (χ2v) is 5.93. The zero-order valence-electron chi connectivity index (χ0n) is 13.9. The van der Waals surface area contributed by atoms with Crippen LogP contribution in [0.1, 0.15) is 6.92 Å². The first-order valence-corrected chi connectivity index (χ1v) is 8.23. The standard InChI is InChI=1S/C16H23N7O/c1-14(13-23-7-3-6-20-23)19-12-15(24)21-8-10-22(11-9-21)16-17-4-2-5-18-16/h2-7,14,19H,8-13H2,1H3/t14-/m1/s1. The van der Waals surface area contributed by atoms with Gasteiger partial charge in [-0.25, -0.2) is 9.97 Å². The number of piperazine rings is 1. The van der Waals surface area contributed by atoms with E-state index in [9.17, 15) is 4.79 Å². The molecule has 3 heterocycles. The van der Waals surface area contributed by atoms with Gasteiger partial charge < -0.3 is 15.1 Å². The molecule has 0 aliphatic carbocycles. The number of aromatic nitrogens is 4. The molecule has 8 nitrogen and oxygen atoms in total. The van der Waals surface area contributed by atoms with Crippen molar-refractivity contribution in [3.8, 4) is 0 Å². The van der Waals surface area contributed by atoms with Gasteiger partial charge in [0.1, 0.15) is 0 Å². The van der Waals surface area contributed by atoms with Crippen LogP contribution in [0.4, 0.5) is 5.95 Å². The van der Waals surface area contributed by atoms with Crippen LogP contribution in [0, 0.1) is 0 Å². The lowest BCUT2D eigenvalue weighted by Crippen LogP contribution is -2.52. The van der Waals surface area contributed by atoms with E-state index >= 15 is 0 Å². The van der Waals surface area contributed by atoms with E-state index < -0.39 is 0 Å². The minimum atomic E-state index is 0.135. The maximum absolute atomic E-state index is 12.3. The van der Waals surface area contributed by atoms with Crippen LogP contribution < -0.4 is 10.2 Å². The number of rotatable bonds is 6. The van der Waals surface area contributed by atoms with Crippen LogP contribution in [0.3, 0.4) is 0 Å². The molecule has 24 heavy (non-hydrogen) atoms. The van der Waals surface area contributed by atoms with E-state index in [0.717, 1.165) is 25.6 Å². The highest BCUT2D eigenvalue weighted by Gasteiger charge is 2.22. The molecule has 1 fully saturated rings. The van der Waals surface area contributed by atoms with Crippen molar-refractivity contribution < 1.29 is 4.79 Å². The van der Waals surface area contributed by atoms with Crippen LogP contribution >= 0.6 is 0 Å². The molecular formula is C16H23N7O. The Morgan fingerprint density at radius 1 is 1.17 bits per heavy atom.